The van der Waals surface area contributed by atoms with Crippen molar-refractivity contribution in [3.8, 4) is 0 Å². The maximum absolute atomic E-state index is 12.8. The molecule has 3 nitrogen and oxygen atoms in total. The Hall–Kier alpha value is -2.55. The van der Waals surface area contributed by atoms with Gasteiger partial charge in [-0.25, -0.2) is 0 Å². The molecule has 0 saturated carbocycles. The Balaban J connectivity index is 1.56. The molecule has 1 fully saturated rings. The van der Waals surface area contributed by atoms with Crippen molar-refractivity contribution in [3.05, 3.63) is 71.9 Å². The van der Waals surface area contributed by atoms with Crippen molar-refractivity contribution < 1.29 is 4.79 Å². The van der Waals surface area contributed by atoms with E-state index in [-0.39, 0.29) is 5.92 Å². The highest BCUT2D eigenvalue weighted by Crippen LogP contribution is 2.32. The molecule has 134 valence electrons. The standard InChI is InChI=1S/C23H26N2O/c26-23(25-14-6-7-15-25)16-19(13-12-18-8-2-1-3-9-18)21-17-24-22-11-5-4-10-20(21)22/h1-5,8-11,17,19,24H,6-7,12-16H2. The second-order valence-corrected chi connectivity index (χ2v) is 7.30. The fourth-order valence-corrected chi connectivity index (χ4v) is 4.09. The van der Waals surface area contributed by atoms with Crippen LogP contribution in [0.1, 0.15) is 42.7 Å². The van der Waals surface area contributed by atoms with E-state index >= 15 is 0 Å². The Labute approximate surface area is 155 Å². The van der Waals surface area contributed by atoms with Gasteiger partial charge in [0, 0.05) is 36.6 Å². The van der Waals surface area contributed by atoms with Crippen LogP contribution in [0.5, 0.6) is 0 Å². The van der Waals surface area contributed by atoms with Gasteiger partial charge in [0.05, 0.1) is 0 Å². The van der Waals surface area contributed by atoms with Gasteiger partial charge in [0.2, 0.25) is 5.91 Å². The molecule has 1 N–H and O–H groups in total. The van der Waals surface area contributed by atoms with Crippen molar-refractivity contribution in [1.29, 1.82) is 0 Å². The average molecular weight is 346 g/mol. The number of nitrogens with zero attached hydrogens (tertiary/aromatic N) is 1. The molecule has 0 spiro atoms. The summed E-state index contributed by atoms with van der Waals surface area (Å²) in [5, 5.41) is 1.25. The van der Waals surface area contributed by atoms with E-state index in [9.17, 15) is 4.79 Å². The summed E-state index contributed by atoms with van der Waals surface area (Å²) >= 11 is 0. The summed E-state index contributed by atoms with van der Waals surface area (Å²) in [5.41, 5.74) is 3.77. The van der Waals surface area contributed by atoms with Gasteiger partial charge >= 0.3 is 0 Å². The van der Waals surface area contributed by atoms with Crippen LogP contribution in [-0.2, 0) is 11.2 Å². The minimum Gasteiger partial charge on any atom is -0.361 e. The topological polar surface area (TPSA) is 36.1 Å². The number of aromatic nitrogens is 1. The Morgan fingerprint density at radius 3 is 2.54 bits per heavy atom. The summed E-state index contributed by atoms with van der Waals surface area (Å²) < 4.78 is 0. The second kappa shape index (κ2) is 7.77. The lowest BCUT2D eigenvalue weighted by atomic mass is 9.89. The van der Waals surface area contributed by atoms with Gasteiger partial charge in [0.25, 0.3) is 0 Å². The monoisotopic (exact) mass is 346 g/mol. The Bertz CT molecular complexity index is 862. The predicted octanol–water partition coefficient (Wildman–Crippen LogP) is 4.90. The third-order valence-electron chi connectivity index (χ3n) is 5.57. The first-order chi connectivity index (χ1) is 12.8. The van der Waals surface area contributed by atoms with Crippen LogP contribution in [0.2, 0.25) is 0 Å². The molecule has 0 aliphatic carbocycles. The highest BCUT2D eigenvalue weighted by molar-refractivity contribution is 5.85. The van der Waals surface area contributed by atoms with Gasteiger partial charge in [0.1, 0.15) is 0 Å². The van der Waals surface area contributed by atoms with E-state index in [4.69, 9.17) is 0 Å². The minimum absolute atomic E-state index is 0.249. The SMILES string of the molecule is O=C(CC(CCc1ccccc1)c1c[nH]c2ccccc12)N1CCCC1. The summed E-state index contributed by atoms with van der Waals surface area (Å²) in [7, 11) is 0. The molecule has 1 aromatic heterocycles. The minimum atomic E-state index is 0.249. The number of rotatable bonds is 6. The summed E-state index contributed by atoms with van der Waals surface area (Å²) in [6.07, 6.45) is 7.00. The summed E-state index contributed by atoms with van der Waals surface area (Å²) in [5.74, 6) is 0.560. The van der Waals surface area contributed by atoms with E-state index < -0.39 is 0 Å². The second-order valence-electron chi connectivity index (χ2n) is 7.30. The molecule has 1 atom stereocenters. The number of hydrogen-bond acceptors (Lipinski definition) is 1. The summed E-state index contributed by atoms with van der Waals surface area (Å²) in [6, 6.07) is 19.0. The lowest BCUT2D eigenvalue weighted by Gasteiger charge is -2.21. The smallest absolute Gasteiger partial charge is 0.223 e. The van der Waals surface area contributed by atoms with Crippen LogP contribution in [0.25, 0.3) is 10.9 Å². The number of aryl methyl sites for hydroxylation is 1. The van der Waals surface area contributed by atoms with Crippen LogP contribution >= 0.6 is 0 Å². The van der Waals surface area contributed by atoms with Gasteiger partial charge < -0.3 is 9.88 Å². The third kappa shape index (κ3) is 3.67. The van der Waals surface area contributed by atoms with E-state index in [1.54, 1.807) is 0 Å². The lowest BCUT2D eigenvalue weighted by molar-refractivity contribution is -0.130. The summed E-state index contributed by atoms with van der Waals surface area (Å²) in [6.45, 7) is 1.86. The average Bonchev–Trinajstić information content (AvgIpc) is 3.36. The number of benzene rings is 2. The van der Waals surface area contributed by atoms with Crippen molar-refractivity contribution in [2.75, 3.05) is 13.1 Å². The Kier molecular flexibility index (Phi) is 5.05. The first-order valence-electron chi connectivity index (χ1n) is 9.69. The number of hydrogen-bond donors (Lipinski definition) is 1. The number of carbonyl (C=O) groups excluding carboxylic acids is 1. The van der Waals surface area contributed by atoms with Crippen molar-refractivity contribution in [2.24, 2.45) is 0 Å². The highest BCUT2D eigenvalue weighted by atomic mass is 16.2. The van der Waals surface area contributed by atoms with E-state index in [0.29, 0.717) is 12.3 Å². The number of H-pyrrole nitrogens is 1. The van der Waals surface area contributed by atoms with Crippen LogP contribution in [0.15, 0.2) is 60.8 Å². The molecule has 1 aliphatic rings. The Morgan fingerprint density at radius 2 is 1.73 bits per heavy atom. The zero-order chi connectivity index (χ0) is 17.8. The molecule has 4 rings (SSSR count). The van der Waals surface area contributed by atoms with E-state index in [1.807, 2.05) is 4.90 Å². The number of carbonyl (C=O) groups is 1. The molecule has 0 bridgehead atoms. The molecule has 1 unspecified atom stereocenters. The van der Waals surface area contributed by atoms with E-state index in [1.165, 1.54) is 16.5 Å². The van der Waals surface area contributed by atoms with Gasteiger partial charge in [-0.05, 0) is 48.8 Å². The van der Waals surface area contributed by atoms with Crippen molar-refractivity contribution in [3.63, 3.8) is 0 Å². The largest absolute Gasteiger partial charge is 0.361 e. The number of nitrogens with one attached hydrogen (secondary N) is 1. The zero-order valence-electron chi connectivity index (χ0n) is 15.2. The summed E-state index contributed by atoms with van der Waals surface area (Å²) in [4.78, 5) is 18.2. The molecule has 1 saturated heterocycles. The quantitative estimate of drug-likeness (QED) is 0.677. The number of likely N-dealkylation sites (tertiary alicyclic amines) is 1. The first-order valence-corrected chi connectivity index (χ1v) is 9.69. The number of fused-ring (bicyclic) bond motifs is 1. The molecule has 2 heterocycles. The van der Waals surface area contributed by atoms with Crippen molar-refractivity contribution in [2.45, 2.75) is 38.0 Å². The van der Waals surface area contributed by atoms with Gasteiger partial charge in [0.15, 0.2) is 0 Å². The molecule has 0 radical (unpaired) electrons. The molecule has 3 heteroatoms. The molecular weight excluding hydrogens is 320 g/mol. The molecule has 2 aromatic carbocycles. The zero-order valence-corrected chi connectivity index (χ0v) is 15.2. The molecule has 3 aromatic rings. The first kappa shape index (κ1) is 16.9. The van der Waals surface area contributed by atoms with Crippen LogP contribution < -0.4 is 0 Å². The highest BCUT2D eigenvalue weighted by Gasteiger charge is 2.24. The van der Waals surface area contributed by atoms with Crippen LogP contribution in [0, 0.1) is 0 Å². The van der Waals surface area contributed by atoms with Crippen LogP contribution in [-0.4, -0.2) is 28.9 Å². The maximum Gasteiger partial charge on any atom is 0.223 e. The molecule has 1 aliphatic heterocycles. The number of para-hydroxylation sites is 1. The van der Waals surface area contributed by atoms with Gasteiger partial charge in [-0.2, -0.15) is 0 Å². The molecular formula is C23H26N2O. The van der Waals surface area contributed by atoms with Crippen molar-refractivity contribution in [1.82, 2.24) is 9.88 Å². The van der Waals surface area contributed by atoms with E-state index in [2.05, 4.69) is 65.8 Å². The van der Waals surface area contributed by atoms with Crippen molar-refractivity contribution >= 4 is 16.8 Å². The lowest BCUT2D eigenvalue weighted by Crippen LogP contribution is -2.29. The van der Waals surface area contributed by atoms with Gasteiger partial charge in [-0.15, -0.1) is 0 Å². The molecule has 1 amide bonds. The normalized spacial score (nSPS) is 15.5. The Morgan fingerprint density at radius 1 is 1.00 bits per heavy atom. The molecule has 26 heavy (non-hydrogen) atoms. The predicted molar refractivity (Wildman–Crippen MR) is 106 cm³/mol. The van der Waals surface area contributed by atoms with Gasteiger partial charge in [-0.3, -0.25) is 4.79 Å². The van der Waals surface area contributed by atoms with E-state index in [0.717, 1.165) is 44.3 Å². The fourth-order valence-electron chi connectivity index (χ4n) is 4.09. The third-order valence-corrected chi connectivity index (χ3v) is 5.57. The number of aromatic amines is 1. The van der Waals surface area contributed by atoms with Crippen LogP contribution in [0.3, 0.4) is 0 Å². The van der Waals surface area contributed by atoms with Gasteiger partial charge in [-0.1, -0.05) is 48.5 Å². The number of amides is 1. The van der Waals surface area contributed by atoms with Crippen LogP contribution in [0.4, 0.5) is 0 Å². The fraction of sp³-hybridized carbons (Fsp3) is 0.348. The maximum atomic E-state index is 12.8.